The van der Waals surface area contributed by atoms with E-state index in [1.807, 2.05) is 24.3 Å². The maximum absolute atomic E-state index is 12.1. The van der Waals surface area contributed by atoms with Crippen molar-refractivity contribution in [2.24, 2.45) is 0 Å². The van der Waals surface area contributed by atoms with Gasteiger partial charge in [0.15, 0.2) is 0 Å². The number of esters is 1. The third kappa shape index (κ3) is 6.14. The molecule has 0 aliphatic carbocycles. The molecule has 0 unspecified atom stereocenters. The Bertz CT molecular complexity index is 820. The third-order valence-corrected chi connectivity index (χ3v) is 3.80. The lowest BCUT2D eigenvalue weighted by atomic mass is 10.1. The van der Waals surface area contributed by atoms with E-state index in [2.05, 4.69) is 15.4 Å². The minimum Gasteiger partial charge on any atom is -0.497 e. The fourth-order valence-electron chi connectivity index (χ4n) is 2.46. The minimum atomic E-state index is -0.561. The number of carbonyl (C=O) groups excluding carboxylic acids is 3. The fraction of sp³-hybridized carbons (Fsp3) is 0.250. The first kappa shape index (κ1) is 20.0. The van der Waals surface area contributed by atoms with Gasteiger partial charge < -0.3 is 20.1 Å². The normalized spacial score (nSPS) is 10.0. The molecule has 142 valence electrons. The summed E-state index contributed by atoms with van der Waals surface area (Å²) in [5.41, 5.74) is 1.55. The van der Waals surface area contributed by atoms with E-state index in [1.54, 1.807) is 25.3 Å². The van der Waals surface area contributed by atoms with Gasteiger partial charge in [-0.3, -0.25) is 9.59 Å². The molecule has 0 fully saturated rings. The highest BCUT2D eigenvalue weighted by Gasteiger charge is 2.15. The van der Waals surface area contributed by atoms with Crippen LogP contribution in [0.1, 0.15) is 22.3 Å². The van der Waals surface area contributed by atoms with E-state index in [0.29, 0.717) is 18.7 Å². The van der Waals surface area contributed by atoms with Crippen LogP contribution in [0.2, 0.25) is 0 Å². The first-order valence-corrected chi connectivity index (χ1v) is 8.40. The molecule has 2 amide bonds. The summed E-state index contributed by atoms with van der Waals surface area (Å²) < 4.78 is 9.83. The zero-order valence-corrected chi connectivity index (χ0v) is 15.3. The van der Waals surface area contributed by atoms with Crippen molar-refractivity contribution in [3.8, 4) is 5.75 Å². The third-order valence-electron chi connectivity index (χ3n) is 3.80. The zero-order valence-electron chi connectivity index (χ0n) is 15.3. The van der Waals surface area contributed by atoms with Crippen LogP contribution in [-0.4, -0.2) is 38.5 Å². The second-order valence-electron chi connectivity index (χ2n) is 5.71. The van der Waals surface area contributed by atoms with Gasteiger partial charge in [0, 0.05) is 6.54 Å². The molecule has 0 saturated carbocycles. The fourth-order valence-corrected chi connectivity index (χ4v) is 2.46. The Hall–Kier alpha value is -3.35. The summed E-state index contributed by atoms with van der Waals surface area (Å²) in [7, 11) is 2.86. The van der Waals surface area contributed by atoms with Crippen LogP contribution in [0.15, 0.2) is 48.5 Å². The van der Waals surface area contributed by atoms with Gasteiger partial charge in [0.2, 0.25) is 11.8 Å². The Morgan fingerprint density at radius 2 is 1.74 bits per heavy atom. The molecule has 0 aromatic heterocycles. The number of ether oxygens (including phenoxy) is 2. The summed E-state index contributed by atoms with van der Waals surface area (Å²) in [6.07, 6.45) is 0.281. The number of hydrogen-bond donors (Lipinski definition) is 2. The molecule has 0 radical (unpaired) electrons. The minimum absolute atomic E-state index is 0.229. The van der Waals surface area contributed by atoms with Gasteiger partial charge in [0.05, 0.1) is 25.5 Å². The van der Waals surface area contributed by atoms with Crippen LogP contribution >= 0.6 is 0 Å². The number of nitrogens with one attached hydrogen (secondary N) is 2. The molecule has 0 aliphatic heterocycles. The van der Waals surface area contributed by atoms with E-state index in [1.165, 1.54) is 13.2 Å². The van der Waals surface area contributed by atoms with Crippen molar-refractivity contribution >= 4 is 23.5 Å². The van der Waals surface area contributed by atoms with Crippen molar-refractivity contribution in [3.63, 3.8) is 0 Å². The van der Waals surface area contributed by atoms with Crippen LogP contribution in [0, 0.1) is 0 Å². The monoisotopic (exact) mass is 370 g/mol. The average molecular weight is 370 g/mol. The number of benzene rings is 2. The predicted octanol–water partition coefficient (Wildman–Crippen LogP) is 2.17. The number of hydrogen-bond acceptors (Lipinski definition) is 5. The zero-order chi connectivity index (χ0) is 19.6. The van der Waals surface area contributed by atoms with Gasteiger partial charge in [0.25, 0.3) is 0 Å². The Morgan fingerprint density at radius 1 is 0.963 bits per heavy atom. The molecule has 7 heteroatoms. The molecule has 0 spiro atoms. The number of amides is 2. The van der Waals surface area contributed by atoms with Crippen molar-refractivity contribution in [1.82, 2.24) is 5.32 Å². The van der Waals surface area contributed by atoms with E-state index in [0.717, 1.165) is 11.3 Å². The molecule has 2 aromatic rings. The Labute approximate surface area is 157 Å². The van der Waals surface area contributed by atoms with Gasteiger partial charge in [0.1, 0.15) is 12.2 Å². The van der Waals surface area contributed by atoms with Crippen molar-refractivity contribution in [2.75, 3.05) is 26.1 Å². The molecule has 2 aromatic carbocycles. The number of para-hydroxylation sites is 1. The van der Waals surface area contributed by atoms with Gasteiger partial charge in [-0.1, -0.05) is 24.3 Å². The second-order valence-corrected chi connectivity index (χ2v) is 5.71. The van der Waals surface area contributed by atoms with Crippen LogP contribution in [-0.2, 0) is 20.7 Å². The lowest BCUT2D eigenvalue weighted by Crippen LogP contribution is -2.30. The van der Waals surface area contributed by atoms with Crippen molar-refractivity contribution in [2.45, 2.75) is 12.8 Å². The number of carbonyl (C=O) groups is 3. The predicted molar refractivity (Wildman–Crippen MR) is 101 cm³/mol. The first-order valence-electron chi connectivity index (χ1n) is 8.40. The number of anilines is 1. The van der Waals surface area contributed by atoms with Crippen molar-refractivity contribution in [3.05, 3.63) is 59.7 Å². The summed E-state index contributed by atoms with van der Waals surface area (Å²) in [4.78, 5) is 35.7. The highest BCUT2D eigenvalue weighted by atomic mass is 16.5. The van der Waals surface area contributed by atoms with Crippen LogP contribution in [0.4, 0.5) is 5.69 Å². The van der Waals surface area contributed by atoms with E-state index >= 15 is 0 Å². The number of methoxy groups -OCH3 is 2. The summed E-state index contributed by atoms with van der Waals surface area (Å²) in [5, 5.41) is 5.26. The largest absolute Gasteiger partial charge is 0.497 e. The Balaban J connectivity index is 1.82. The maximum Gasteiger partial charge on any atom is 0.339 e. The topological polar surface area (TPSA) is 93.7 Å². The molecule has 0 bridgehead atoms. The molecule has 0 aliphatic rings. The van der Waals surface area contributed by atoms with Crippen LogP contribution in [0.25, 0.3) is 0 Å². The SMILES string of the molecule is COC(=O)c1ccccc1NC(=O)CC(=O)NCCc1cccc(OC)c1. The molecule has 2 rings (SSSR count). The average Bonchev–Trinajstić information content (AvgIpc) is 2.67. The highest BCUT2D eigenvalue weighted by Crippen LogP contribution is 2.16. The summed E-state index contributed by atoms with van der Waals surface area (Å²) in [6, 6.07) is 14.0. The lowest BCUT2D eigenvalue weighted by molar-refractivity contribution is -0.126. The van der Waals surface area contributed by atoms with Gasteiger partial charge in [-0.25, -0.2) is 4.79 Å². The molecule has 7 nitrogen and oxygen atoms in total. The Kier molecular flexibility index (Phi) is 7.37. The van der Waals surface area contributed by atoms with Crippen LogP contribution in [0.5, 0.6) is 5.75 Å². The van der Waals surface area contributed by atoms with Gasteiger partial charge in [-0.15, -0.1) is 0 Å². The van der Waals surface area contributed by atoms with Crippen molar-refractivity contribution in [1.29, 1.82) is 0 Å². The molecule has 2 N–H and O–H groups in total. The molecular weight excluding hydrogens is 348 g/mol. The van der Waals surface area contributed by atoms with Crippen molar-refractivity contribution < 1.29 is 23.9 Å². The standard InChI is InChI=1S/C20H22N2O5/c1-26-15-7-5-6-14(12-15)10-11-21-18(23)13-19(24)22-17-9-4-3-8-16(17)20(25)27-2/h3-9,12H,10-11,13H2,1-2H3,(H,21,23)(H,22,24). The quantitative estimate of drug-likeness (QED) is 0.549. The molecule has 0 saturated heterocycles. The van der Waals surface area contributed by atoms with E-state index < -0.39 is 17.8 Å². The first-order chi connectivity index (χ1) is 13.0. The lowest BCUT2D eigenvalue weighted by Gasteiger charge is -2.10. The smallest absolute Gasteiger partial charge is 0.339 e. The van der Waals surface area contributed by atoms with Gasteiger partial charge in [-0.2, -0.15) is 0 Å². The van der Waals surface area contributed by atoms with E-state index in [9.17, 15) is 14.4 Å². The summed E-state index contributed by atoms with van der Waals surface area (Å²) >= 11 is 0. The van der Waals surface area contributed by atoms with Crippen LogP contribution in [0.3, 0.4) is 0 Å². The molecule has 0 heterocycles. The van der Waals surface area contributed by atoms with Gasteiger partial charge >= 0.3 is 5.97 Å². The molecular formula is C20H22N2O5. The number of rotatable bonds is 8. The Morgan fingerprint density at radius 3 is 2.48 bits per heavy atom. The summed E-state index contributed by atoms with van der Waals surface area (Å²) in [5.74, 6) is -0.715. The van der Waals surface area contributed by atoms with E-state index in [-0.39, 0.29) is 12.0 Å². The molecule has 0 atom stereocenters. The summed E-state index contributed by atoms with van der Waals surface area (Å²) in [6.45, 7) is 0.401. The highest BCUT2D eigenvalue weighted by molar-refractivity contribution is 6.06. The maximum atomic E-state index is 12.1. The van der Waals surface area contributed by atoms with Gasteiger partial charge in [-0.05, 0) is 36.2 Å². The second kappa shape index (κ2) is 9.96. The van der Waals surface area contributed by atoms with Crippen LogP contribution < -0.4 is 15.4 Å². The molecule has 27 heavy (non-hydrogen) atoms. The van der Waals surface area contributed by atoms with E-state index in [4.69, 9.17) is 4.74 Å².